The number of nitrogens with zero attached hydrogens (tertiary/aromatic N) is 2. The lowest BCUT2D eigenvalue weighted by molar-refractivity contribution is -0.146. The highest BCUT2D eigenvalue weighted by molar-refractivity contribution is 5.82. The van der Waals surface area contributed by atoms with Gasteiger partial charge in [0.25, 0.3) is 0 Å². The van der Waals surface area contributed by atoms with Crippen LogP contribution < -0.4 is 0 Å². The van der Waals surface area contributed by atoms with Crippen molar-refractivity contribution >= 4 is 11.9 Å². The third-order valence-corrected chi connectivity index (χ3v) is 3.57. The Kier molecular flexibility index (Phi) is 7.30. The Labute approximate surface area is 121 Å². The lowest BCUT2D eigenvalue weighted by atomic mass is 10.1. The molecule has 0 aromatic heterocycles. The van der Waals surface area contributed by atoms with Crippen LogP contribution >= 0.6 is 0 Å². The van der Waals surface area contributed by atoms with Crippen LogP contribution in [0.3, 0.4) is 0 Å². The quantitative estimate of drug-likeness (QED) is 0.524. The van der Waals surface area contributed by atoms with Crippen LogP contribution in [0.4, 0.5) is 0 Å². The Morgan fingerprint density at radius 2 is 2.00 bits per heavy atom. The third kappa shape index (κ3) is 4.96. The van der Waals surface area contributed by atoms with Gasteiger partial charge in [-0.25, -0.2) is 0 Å². The molecule has 5 heteroatoms. The number of carbonyl (C=O) groups excluding carboxylic acids is 2. The molecule has 0 aromatic carbocycles. The molecule has 1 atom stereocenters. The molecule has 1 saturated heterocycles. The highest BCUT2D eigenvalue weighted by Crippen LogP contribution is 2.12. The molecule has 20 heavy (non-hydrogen) atoms. The second kappa shape index (κ2) is 8.74. The Morgan fingerprint density at radius 3 is 2.55 bits per heavy atom. The Morgan fingerprint density at radius 1 is 1.35 bits per heavy atom. The van der Waals surface area contributed by atoms with E-state index in [-0.39, 0.29) is 24.5 Å². The van der Waals surface area contributed by atoms with Gasteiger partial charge in [0.15, 0.2) is 0 Å². The smallest absolute Gasteiger partial charge is 0.320 e. The van der Waals surface area contributed by atoms with Gasteiger partial charge in [-0.05, 0) is 33.1 Å². The standard InChI is InChI=1S/C15H26N2O3/c1-4-9-17(12-14(18)20-5-2)13(3)15(19)16-10-7-6-8-11-16/h4,13H,1,5-12H2,2-3H3. The predicted octanol–water partition coefficient (Wildman–Crippen LogP) is 1.44. The summed E-state index contributed by atoms with van der Waals surface area (Å²) in [5.74, 6) is -0.205. The third-order valence-electron chi connectivity index (χ3n) is 3.57. The molecule has 1 fully saturated rings. The van der Waals surface area contributed by atoms with E-state index in [4.69, 9.17) is 4.74 Å². The Bertz CT molecular complexity index is 338. The number of ether oxygens (including phenoxy) is 1. The van der Waals surface area contributed by atoms with E-state index in [1.54, 1.807) is 13.0 Å². The van der Waals surface area contributed by atoms with Crippen molar-refractivity contribution in [1.82, 2.24) is 9.80 Å². The Balaban J connectivity index is 2.61. The molecule has 0 bridgehead atoms. The van der Waals surface area contributed by atoms with Crippen molar-refractivity contribution in [3.05, 3.63) is 12.7 Å². The van der Waals surface area contributed by atoms with Crippen molar-refractivity contribution in [1.29, 1.82) is 0 Å². The molecule has 5 nitrogen and oxygen atoms in total. The summed E-state index contributed by atoms with van der Waals surface area (Å²) in [4.78, 5) is 27.8. The first-order valence-electron chi connectivity index (χ1n) is 7.39. The van der Waals surface area contributed by atoms with Crippen LogP contribution in [0.15, 0.2) is 12.7 Å². The molecule has 0 spiro atoms. The first kappa shape index (κ1) is 16.7. The topological polar surface area (TPSA) is 49.9 Å². The summed E-state index contributed by atoms with van der Waals surface area (Å²) in [6.45, 7) is 9.94. The maximum atomic E-state index is 12.5. The molecule has 0 aromatic rings. The molecule has 1 aliphatic heterocycles. The van der Waals surface area contributed by atoms with Gasteiger partial charge in [-0.3, -0.25) is 14.5 Å². The minimum Gasteiger partial charge on any atom is -0.465 e. The van der Waals surface area contributed by atoms with Crippen molar-refractivity contribution in [3.8, 4) is 0 Å². The lowest BCUT2D eigenvalue weighted by Gasteiger charge is -2.33. The Hall–Kier alpha value is -1.36. The summed E-state index contributed by atoms with van der Waals surface area (Å²) in [5.41, 5.74) is 0. The second-order valence-corrected chi connectivity index (χ2v) is 5.09. The lowest BCUT2D eigenvalue weighted by Crippen LogP contribution is -2.50. The van der Waals surface area contributed by atoms with Crippen molar-refractivity contribution in [2.45, 2.75) is 39.2 Å². The van der Waals surface area contributed by atoms with E-state index in [0.29, 0.717) is 13.2 Å². The molecule has 0 N–H and O–H groups in total. The van der Waals surface area contributed by atoms with Crippen LogP contribution in [0, 0.1) is 0 Å². The van der Waals surface area contributed by atoms with Crippen LogP contribution in [-0.2, 0) is 14.3 Å². The van der Waals surface area contributed by atoms with Crippen LogP contribution in [0.5, 0.6) is 0 Å². The number of hydrogen-bond acceptors (Lipinski definition) is 4. The van der Waals surface area contributed by atoms with Gasteiger partial charge in [0.05, 0.1) is 19.2 Å². The predicted molar refractivity (Wildman–Crippen MR) is 78.3 cm³/mol. The first-order valence-corrected chi connectivity index (χ1v) is 7.39. The summed E-state index contributed by atoms with van der Waals surface area (Å²) < 4.78 is 4.95. The van der Waals surface area contributed by atoms with E-state index in [2.05, 4.69) is 6.58 Å². The van der Waals surface area contributed by atoms with E-state index in [0.717, 1.165) is 25.9 Å². The van der Waals surface area contributed by atoms with Gasteiger partial charge in [-0.1, -0.05) is 6.08 Å². The normalized spacial score (nSPS) is 16.9. The zero-order chi connectivity index (χ0) is 15.0. The monoisotopic (exact) mass is 282 g/mol. The van der Waals surface area contributed by atoms with Gasteiger partial charge < -0.3 is 9.64 Å². The van der Waals surface area contributed by atoms with Gasteiger partial charge in [-0.2, -0.15) is 0 Å². The van der Waals surface area contributed by atoms with Gasteiger partial charge in [0, 0.05) is 19.6 Å². The number of piperidine rings is 1. The number of esters is 1. The van der Waals surface area contributed by atoms with E-state index in [9.17, 15) is 9.59 Å². The zero-order valence-electron chi connectivity index (χ0n) is 12.6. The van der Waals surface area contributed by atoms with Crippen molar-refractivity contribution in [3.63, 3.8) is 0 Å². The van der Waals surface area contributed by atoms with Crippen LogP contribution in [0.1, 0.15) is 33.1 Å². The molecule has 1 rings (SSSR count). The average molecular weight is 282 g/mol. The minimum absolute atomic E-state index is 0.0934. The highest BCUT2D eigenvalue weighted by atomic mass is 16.5. The number of hydrogen-bond donors (Lipinski definition) is 0. The number of rotatable bonds is 7. The fraction of sp³-hybridized carbons (Fsp3) is 0.733. The van der Waals surface area contributed by atoms with Gasteiger partial charge >= 0.3 is 5.97 Å². The number of carbonyl (C=O) groups is 2. The molecule has 1 aliphatic rings. The van der Waals surface area contributed by atoms with Crippen molar-refractivity contribution in [2.24, 2.45) is 0 Å². The molecule has 0 aliphatic carbocycles. The van der Waals surface area contributed by atoms with Gasteiger partial charge in [-0.15, -0.1) is 6.58 Å². The highest BCUT2D eigenvalue weighted by Gasteiger charge is 2.27. The maximum Gasteiger partial charge on any atom is 0.320 e. The fourth-order valence-corrected chi connectivity index (χ4v) is 2.43. The van der Waals surface area contributed by atoms with Gasteiger partial charge in [0.2, 0.25) is 5.91 Å². The molecule has 0 saturated carbocycles. The average Bonchev–Trinajstić information content (AvgIpc) is 2.46. The summed E-state index contributed by atoms with van der Waals surface area (Å²) in [6, 6.07) is -0.324. The summed E-state index contributed by atoms with van der Waals surface area (Å²) in [5, 5.41) is 0. The van der Waals surface area contributed by atoms with E-state index in [1.165, 1.54) is 6.42 Å². The summed E-state index contributed by atoms with van der Waals surface area (Å²) >= 11 is 0. The minimum atomic E-state index is -0.324. The first-order chi connectivity index (χ1) is 9.60. The van der Waals surface area contributed by atoms with E-state index in [1.807, 2.05) is 16.7 Å². The van der Waals surface area contributed by atoms with Crippen LogP contribution in [0.2, 0.25) is 0 Å². The molecule has 1 amide bonds. The number of amides is 1. The molecule has 114 valence electrons. The fourth-order valence-electron chi connectivity index (χ4n) is 2.43. The molecule has 1 unspecified atom stereocenters. The van der Waals surface area contributed by atoms with E-state index < -0.39 is 0 Å². The number of likely N-dealkylation sites (tertiary alicyclic amines) is 1. The molecular formula is C15H26N2O3. The molecular weight excluding hydrogens is 256 g/mol. The maximum absolute atomic E-state index is 12.5. The largest absolute Gasteiger partial charge is 0.465 e. The second-order valence-electron chi connectivity index (χ2n) is 5.09. The molecule has 1 heterocycles. The van der Waals surface area contributed by atoms with E-state index >= 15 is 0 Å². The van der Waals surface area contributed by atoms with Gasteiger partial charge in [0.1, 0.15) is 0 Å². The summed E-state index contributed by atoms with van der Waals surface area (Å²) in [6.07, 6.45) is 5.03. The SMILES string of the molecule is C=CCN(CC(=O)OCC)C(C)C(=O)N1CCCCC1. The van der Waals surface area contributed by atoms with Crippen LogP contribution in [0.25, 0.3) is 0 Å². The zero-order valence-corrected chi connectivity index (χ0v) is 12.6. The van der Waals surface area contributed by atoms with Crippen LogP contribution in [-0.4, -0.2) is 60.5 Å². The van der Waals surface area contributed by atoms with Crippen molar-refractivity contribution < 1.29 is 14.3 Å². The molecule has 0 radical (unpaired) electrons. The van der Waals surface area contributed by atoms with Crippen molar-refractivity contribution in [2.75, 3.05) is 32.8 Å². The summed E-state index contributed by atoms with van der Waals surface area (Å²) in [7, 11) is 0.